The Balaban J connectivity index is 1.79. The van der Waals surface area contributed by atoms with Gasteiger partial charge in [-0.2, -0.15) is 0 Å². The third-order valence-electron chi connectivity index (χ3n) is 3.43. The van der Waals surface area contributed by atoms with Crippen LogP contribution in [0.5, 0.6) is 0 Å². The van der Waals surface area contributed by atoms with Gasteiger partial charge < -0.3 is 20.8 Å². The van der Waals surface area contributed by atoms with Crippen LogP contribution in [0.4, 0.5) is 5.69 Å². The minimum atomic E-state index is -0.368. The number of nitrogens with one attached hydrogen (secondary N) is 1. The molecule has 2 aromatic rings. The maximum atomic E-state index is 11.9. The molecule has 0 atom stereocenters. The Labute approximate surface area is 152 Å². The van der Waals surface area contributed by atoms with Crippen molar-refractivity contribution in [3.05, 3.63) is 65.7 Å². The lowest BCUT2D eigenvalue weighted by molar-refractivity contribution is -0.120. The molecule has 2 amide bonds. The molecule has 0 saturated heterocycles. The van der Waals surface area contributed by atoms with E-state index < -0.39 is 0 Å². The highest BCUT2D eigenvalue weighted by Crippen LogP contribution is 2.10. The van der Waals surface area contributed by atoms with Gasteiger partial charge in [-0.3, -0.25) is 9.59 Å². The molecule has 0 fully saturated rings. The molecule has 0 unspecified atom stereocenters. The summed E-state index contributed by atoms with van der Waals surface area (Å²) in [5.74, 6) is -0.182. The van der Waals surface area contributed by atoms with E-state index in [9.17, 15) is 9.59 Å². The Hall–Kier alpha value is -3.35. The lowest BCUT2D eigenvalue weighted by Gasteiger charge is -2.10. The molecule has 0 heterocycles. The third-order valence-corrected chi connectivity index (χ3v) is 3.43. The van der Waals surface area contributed by atoms with Crippen LogP contribution in [-0.2, 0) is 16.1 Å². The van der Waals surface area contributed by atoms with Crippen molar-refractivity contribution >= 4 is 23.3 Å². The highest BCUT2D eigenvalue weighted by atomic mass is 16.6. The van der Waals surface area contributed by atoms with Crippen LogP contribution in [0, 0.1) is 0 Å². The molecule has 0 aliphatic rings. The molecule has 3 N–H and O–H groups in total. The molecule has 0 aromatic heterocycles. The van der Waals surface area contributed by atoms with Crippen LogP contribution < -0.4 is 11.1 Å². The standard InChI is InChI=1S/C19H22N4O3/c1-23(2)19(25)15-8-10-16(11-9-15)21-18(24)13-26-22-17(20)12-14-6-4-3-5-7-14/h3-11H,12-13H2,1-2H3,(H2,20,22)(H,21,24). The number of hydrogen-bond donors (Lipinski definition) is 2. The highest BCUT2D eigenvalue weighted by molar-refractivity contribution is 5.95. The zero-order chi connectivity index (χ0) is 18.9. The van der Waals surface area contributed by atoms with Crippen molar-refractivity contribution in [1.82, 2.24) is 4.90 Å². The fraction of sp³-hybridized carbons (Fsp3) is 0.211. The number of benzene rings is 2. The molecule has 0 spiro atoms. The van der Waals surface area contributed by atoms with E-state index >= 15 is 0 Å². The summed E-state index contributed by atoms with van der Waals surface area (Å²) in [6, 6.07) is 16.2. The Bertz CT molecular complexity index is 771. The molecule has 0 aliphatic carbocycles. The third kappa shape index (κ3) is 5.94. The molecule has 7 heteroatoms. The van der Waals surface area contributed by atoms with Gasteiger partial charge in [0.2, 0.25) is 0 Å². The molecule has 2 aromatic carbocycles. The molecule has 0 aliphatic heterocycles. The number of oxime groups is 1. The first-order chi connectivity index (χ1) is 12.5. The second kappa shape index (κ2) is 9.22. The second-order valence-corrected chi connectivity index (χ2v) is 5.84. The van der Waals surface area contributed by atoms with Crippen molar-refractivity contribution in [3.8, 4) is 0 Å². The van der Waals surface area contributed by atoms with Crippen molar-refractivity contribution in [1.29, 1.82) is 0 Å². The minimum absolute atomic E-state index is 0.102. The van der Waals surface area contributed by atoms with Gasteiger partial charge in [0, 0.05) is 31.8 Å². The molecule has 0 saturated carbocycles. The number of hydrogen-bond acceptors (Lipinski definition) is 4. The van der Waals surface area contributed by atoms with Gasteiger partial charge in [0.15, 0.2) is 6.61 Å². The maximum absolute atomic E-state index is 11.9. The van der Waals surface area contributed by atoms with Gasteiger partial charge in [0.05, 0.1) is 0 Å². The highest BCUT2D eigenvalue weighted by Gasteiger charge is 2.08. The molecular weight excluding hydrogens is 332 g/mol. The summed E-state index contributed by atoms with van der Waals surface area (Å²) in [6.07, 6.45) is 0.448. The Kier molecular flexibility index (Phi) is 6.73. The van der Waals surface area contributed by atoms with Crippen LogP contribution in [0.3, 0.4) is 0 Å². The Morgan fingerprint density at radius 2 is 1.73 bits per heavy atom. The van der Waals surface area contributed by atoms with Crippen molar-refractivity contribution in [2.45, 2.75) is 6.42 Å². The van der Waals surface area contributed by atoms with Gasteiger partial charge in [0.25, 0.3) is 11.8 Å². The normalized spacial score (nSPS) is 10.9. The summed E-state index contributed by atoms with van der Waals surface area (Å²) in [5, 5.41) is 6.40. The van der Waals surface area contributed by atoms with E-state index in [0.29, 0.717) is 17.7 Å². The lowest BCUT2D eigenvalue weighted by Crippen LogP contribution is -2.22. The molecule has 2 rings (SSSR count). The molecule has 0 radical (unpaired) electrons. The average Bonchev–Trinajstić information content (AvgIpc) is 2.62. The zero-order valence-electron chi connectivity index (χ0n) is 14.8. The SMILES string of the molecule is CN(C)C(=O)c1ccc(NC(=O)CO/N=C(/N)Cc2ccccc2)cc1. The summed E-state index contributed by atoms with van der Waals surface area (Å²) < 4.78 is 0. The van der Waals surface area contributed by atoms with E-state index in [0.717, 1.165) is 5.56 Å². The van der Waals surface area contributed by atoms with Gasteiger partial charge in [-0.15, -0.1) is 0 Å². The van der Waals surface area contributed by atoms with Crippen molar-refractivity contribution in [2.75, 3.05) is 26.0 Å². The molecule has 0 bridgehead atoms. The fourth-order valence-corrected chi connectivity index (χ4v) is 2.16. The maximum Gasteiger partial charge on any atom is 0.265 e. The average molecular weight is 354 g/mol. The van der Waals surface area contributed by atoms with Crippen molar-refractivity contribution < 1.29 is 14.4 Å². The minimum Gasteiger partial charge on any atom is -0.384 e. The number of amides is 2. The van der Waals surface area contributed by atoms with E-state index in [-0.39, 0.29) is 24.3 Å². The quantitative estimate of drug-likeness (QED) is 0.450. The first-order valence-electron chi connectivity index (χ1n) is 8.05. The van der Waals surface area contributed by atoms with Crippen LogP contribution in [0.15, 0.2) is 59.8 Å². The van der Waals surface area contributed by atoms with Gasteiger partial charge in [-0.25, -0.2) is 0 Å². The van der Waals surface area contributed by atoms with Gasteiger partial charge >= 0.3 is 0 Å². The summed E-state index contributed by atoms with van der Waals surface area (Å²) in [4.78, 5) is 30.1. The van der Waals surface area contributed by atoms with Crippen LogP contribution in [0.2, 0.25) is 0 Å². The van der Waals surface area contributed by atoms with Crippen LogP contribution in [0.1, 0.15) is 15.9 Å². The van der Waals surface area contributed by atoms with E-state index in [4.69, 9.17) is 10.6 Å². The van der Waals surface area contributed by atoms with E-state index in [1.54, 1.807) is 38.4 Å². The predicted molar refractivity (Wildman–Crippen MR) is 101 cm³/mol. The Morgan fingerprint density at radius 1 is 1.08 bits per heavy atom. The van der Waals surface area contributed by atoms with Gasteiger partial charge in [-0.05, 0) is 29.8 Å². The van der Waals surface area contributed by atoms with Crippen molar-refractivity contribution in [2.24, 2.45) is 10.9 Å². The van der Waals surface area contributed by atoms with E-state index in [2.05, 4.69) is 10.5 Å². The number of anilines is 1. The van der Waals surface area contributed by atoms with E-state index in [1.807, 2.05) is 30.3 Å². The van der Waals surface area contributed by atoms with Gasteiger partial charge in [0.1, 0.15) is 5.84 Å². The number of carbonyl (C=O) groups excluding carboxylic acids is 2. The first kappa shape index (κ1) is 19.0. The molecule has 7 nitrogen and oxygen atoms in total. The zero-order valence-corrected chi connectivity index (χ0v) is 14.8. The summed E-state index contributed by atoms with van der Waals surface area (Å²) in [7, 11) is 3.36. The summed E-state index contributed by atoms with van der Waals surface area (Å²) in [6.45, 7) is -0.256. The molecular formula is C19H22N4O3. The predicted octanol–water partition coefficient (Wildman–Crippen LogP) is 1.86. The van der Waals surface area contributed by atoms with Gasteiger partial charge in [-0.1, -0.05) is 35.5 Å². The topological polar surface area (TPSA) is 97.0 Å². The lowest BCUT2D eigenvalue weighted by atomic mass is 10.1. The van der Waals surface area contributed by atoms with Crippen molar-refractivity contribution in [3.63, 3.8) is 0 Å². The number of nitrogens with two attached hydrogens (primary N) is 1. The van der Waals surface area contributed by atoms with E-state index in [1.165, 1.54) is 4.90 Å². The molecule has 26 heavy (non-hydrogen) atoms. The van der Waals surface area contributed by atoms with Crippen LogP contribution in [-0.4, -0.2) is 43.3 Å². The van der Waals surface area contributed by atoms with Crippen LogP contribution >= 0.6 is 0 Å². The number of carbonyl (C=O) groups is 2. The summed E-state index contributed by atoms with van der Waals surface area (Å²) in [5.41, 5.74) is 7.89. The number of amidine groups is 1. The molecule has 136 valence electrons. The smallest absolute Gasteiger partial charge is 0.265 e. The Morgan fingerprint density at radius 3 is 2.35 bits per heavy atom. The number of nitrogens with zero attached hydrogens (tertiary/aromatic N) is 2. The fourth-order valence-electron chi connectivity index (χ4n) is 2.16. The summed E-state index contributed by atoms with van der Waals surface area (Å²) >= 11 is 0. The largest absolute Gasteiger partial charge is 0.384 e. The second-order valence-electron chi connectivity index (χ2n) is 5.84. The number of rotatable bonds is 7. The monoisotopic (exact) mass is 354 g/mol. The first-order valence-corrected chi connectivity index (χ1v) is 8.05. The van der Waals surface area contributed by atoms with Crippen LogP contribution in [0.25, 0.3) is 0 Å².